The fraction of sp³-hybridized carbons (Fsp3) is 0.941. The molecule has 0 saturated carbocycles. The standard InChI is InChI=1S/C34H60O10/c1-12-25(29-18(4)15-31(11,42-29)34(41)20(6)16-32(13-2,44-34)24(10)35)27(37)21(7)26(36)22(8)28-17(3)14-19(5)33(40,43-28)23(9)30(38)39/h17-26,28-29,35-36,40-41H,12-16H2,1-11H3,(H,38,39)/t17-,18-,19+,20+,21-,22-,23+,24-,25-,26+,28-,29-,31-,32+,33-,34+/m0/s1. The molecule has 10 nitrogen and oxygen atoms in total. The summed E-state index contributed by atoms with van der Waals surface area (Å²) in [6, 6.07) is 0. The summed E-state index contributed by atoms with van der Waals surface area (Å²) in [7, 11) is 0. The van der Waals surface area contributed by atoms with Gasteiger partial charge in [0.05, 0.1) is 30.0 Å². The molecule has 0 radical (unpaired) electrons. The van der Waals surface area contributed by atoms with E-state index in [-0.39, 0.29) is 23.5 Å². The summed E-state index contributed by atoms with van der Waals surface area (Å²) in [6.07, 6.45) is -0.601. The van der Waals surface area contributed by atoms with Crippen LogP contribution in [0.4, 0.5) is 0 Å². The Balaban J connectivity index is 1.80. The van der Waals surface area contributed by atoms with E-state index in [1.807, 2.05) is 41.5 Å². The van der Waals surface area contributed by atoms with Crippen molar-refractivity contribution in [2.45, 2.75) is 155 Å². The maximum atomic E-state index is 14.1. The molecule has 0 aromatic rings. The van der Waals surface area contributed by atoms with Gasteiger partial charge in [0.15, 0.2) is 11.6 Å². The lowest BCUT2D eigenvalue weighted by Gasteiger charge is -2.49. The third kappa shape index (κ3) is 6.14. The number of ether oxygens (including phenoxy) is 3. The third-order valence-electron chi connectivity index (χ3n) is 12.0. The number of aliphatic carboxylic acids is 1. The Morgan fingerprint density at radius 1 is 0.886 bits per heavy atom. The van der Waals surface area contributed by atoms with Crippen LogP contribution in [0.5, 0.6) is 0 Å². The van der Waals surface area contributed by atoms with Gasteiger partial charge in [-0.15, -0.1) is 0 Å². The summed E-state index contributed by atoms with van der Waals surface area (Å²) in [4.78, 5) is 25.8. The molecule has 5 N–H and O–H groups in total. The highest BCUT2D eigenvalue weighted by atomic mass is 16.7. The monoisotopic (exact) mass is 628 g/mol. The second-order valence-electron chi connectivity index (χ2n) is 15.1. The number of carbonyl (C=O) groups excluding carboxylic acids is 1. The number of rotatable bonds is 12. The van der Waals surface area contributed by atoms with Crippen LogP contribution in [0, 0.1) is 47.3 Å². The lowest BCUT2D eigenvalue weighted by molar-refractivity contribution is -0.331. The Morgan fingerprint density at radius 3 is 1.95 bits per heavy atom. The van der Waals surface area contributed by atoms with E-state index in [0.29, 0.717) is 32.1 Å². The van der Waals surface area contributed by atoms with Crippen molar-refractivity contribution < 1.29 is 49.3 Å². The number of Topliss-reactive ketones (excluding diaryl/α,β-unsaturated/α-hetero) is 1. The van der Waals surface area contributed by atoms with Crippen molar-refractivity contribution in [1.82, 2.24) is 0 Å². The highest BCUT2D eigenvalue weighted by molar-refractivity contribution is 5.84. The fourth-order valence-corrected chi connectivity index (χ4v) is 8.80. The number of carbonyl (C=O) groups is 2. The predicted octanol–water partition coefficient (Wildman–Crippen LogP) is 4.14. The largest absolute Gasteiger partial charge is 0.481 e. The van der Waals surface area contributed by atoms with E-state index < -0.39 is 82.8 Å². The molecular formula is C34H60O10. The number of aliphatic hydroxyl groups is 4. The molecule has 3 rings (SSSR count). The van der Waals surface area contributed by atoms with E-state index in [9.17, 15) is 35.1 Å². The van der Waals surface area contributed by atoms with E-state index >= 15 is 0 Å². The lowest BCUT2D eigenvalue weighted by atomic mass is 9.72. The average molecular weight is 629 g/mol. The van der Waals surface area contributed by atoms with Gasteiger partial charge in [0.25, 0.3) is 0 Å². The first-order chi connectivity index (χ1) is 20.2. The maximum absolute atomic E-state index is 14.1. The van der Waals surface area contributed by atoms with Crippen LogP contribution in [0.25, 0.3) is 0 Å². The van der Waals surface area contributed by atoms with Crippen molar-refractivity contribution in [3.63, 3.8) is 0 Å². The molecule has 0 amide bonds. The molecule has 0 unspecified atom stereocenters. The van der Waals surface area contributed by atoms with Gasteiger partial charge < -0.3 is 39.7 Å². The first kappa shape index (κ1) is 37.3. The van der Waals surface area contributed by atoms with Crippen molar-refractivity contribution in [2.75, 3.05) is 0 Å². The maximum Gasteiger partial charge on any atom is 0.311 e. The molecule has 0 bridgehead atoms. The molecule has 3 aliphatic rings. The van der Waals surface area contributed by atoms with E-state index in [0.717, 1.165) is 0 Å². The normalized spacial score (nSPS) is 45.3. The van der Waals surface area contributed by atoms with Gasteiger partial charge in [-0.25, -0.2) is 0 Å². The number of aliphatic hydroxyl groups excluding tert-OH is 2. The molecule has 10 heteroatoms. The van der Waals surface area contributed by atoms with E-state index in [4.69, 9.17) is 14.2 Å². The van der Waals surface area contributed by atoms with Gasteiger partial charge in [-0.1, -0.05) is 55.4 Å². The number of ketones is 1. The Bertz CT molecular complexity index is 1040. The molecule has 0 aromatic heterocycles. The highest BCUT2D eigenvalue weighted by Crippen LogP contribution is 2.56. The van der Waals surface area contributed by atoms with Crippen molar-refractivity contribution in [3.8, 4) is 0 Å². The Hall–Kier alpha value is -1.14. The number of carboxylic acid groups (broad SMARTS) is 1. The molecular weight excluding hydrogens is 568 g/mol. The van der Waals surface area contributed by atoms with Crippen LogP contribution < -0.4 is 0 Å². The zero-order chi connectivity index (χ0) is 33.7. The van der Waals surface area contributed by atoms with Crippen LogP contribution in [-0.2, 0) is 23.8 Å². The first-order valence-corrected chi connectivity index (χ1v) is 16.8. The van der Waals surface area contributed by atoms with Gasteiger partial charge >= 0.3 is 5.97 Å². The van der Waals surface area contributed by atoms with Gasteiger partial charge in [0.1, 0.15) is 17.3 Å². The lowest BCUT2D eigenvalue weighted by Crippen LogP contribution is -2.58. The van der Waals surface area contributed by atoms with Gasteiger partial charge in [-0.2, -0.15) is 0 Å². The summed E-state index contributed by atoms with van der Waals surface area (Å²) in [5, 5.41) is 55.0. The SMILES string of the molecule is CC[C@@H](C(=O)[C@@H](C)[C@@H](O)[C@H](C)[C@H]1O[C@](O)([C@H](C)C(=O)O)[C@H](C)C[C@@H]1C)[C@H]1O[C@](C)([C@]2(O)O[C@@](CC)([C@H](C)O)C[C@H]2C)C[C@@H]1C. The first-order valence-electron chi connectivity index (χ1n) is 16.8. The minimum atomic E-state index is -1.89. The van der Waals surface area contributed by atoms with Crippen LogP contribution in [0.1, 0.15) is 108 Å². The van der Waals surface area contributed by atoms with Crippen molar-refractivity contribution in [1.29, 1.82) is 0 Å². The van der Waals surface area contributed by atoms with E-state index in [2.05, 4.69) is 0 Å². The van der Waals surface area contributed by atoms with Crippen LogP contribution in [0.2, 0.25) is 0 Å². The van der Waals surface area contributed by atoms with Crippen molar-refractivity contribution in [2.24, 2.45) is 47.3 Å². The molecule has 0 aromatic carbocycles. The topological polar surface area (TPSA) is 163 Å². The quantitative estimate of drug-likeness (QED) is 0.212. The highest BCUT2D eigenvalue weighted by Gasteiger charge is 2.66. The molecule has 0 aliphatic carbocycles. The Morgan fingerprint density at radius 2 is 1.48 bits per heavy atom. The second-order valence-corrected chi connectivity index (χ2v) is 15.1. The Labute approximate surface area is 263 Å². The fourth-order valence-electron chi connectivity index (χ4n) is 8.80. The minimum absolute atomic E-state index is 0.0786. The Kier molecular flexibility index (Phi) is 11.2. The van der Waals surface area contributed by atoms with Crippen molar-refractivity contribution in [3.05, 3.63) is 0 Å². The molecule has 3 saturated heterocycles. The van der Waals surface area contributed by atoms with Gasteiger partial charge in [-0.05, 0) is 64.7 Å². The summed E-state index contributed by atoms with van der Waals surface area (Å²) < 4.78 is 19.1. The smallest absolute Gasteiger partial charge is 0.311 e. The number of hydrogen-bond donors (Lipinski definition) is 5. The summed E-state index contributed by atoms with van der Waals surface area (Å²) in [6.45, 7) is 19.9. The number of carboxylic acids is 1. The summed E-state index contributed by atoms with van der Waals surface area (Å²) in [5.41, 5.74) is -2.00. The van der Waals surface area contributed by atoms with Crippen molar-refractivity contribution >= 4 is 11.8 Å². The van der Waals surface area contributed by atoms with E-state index in [1.54, 1.807) is 27.7 Å². The van der Waals surface area contributed by atoms with Gasteiger partial charge in [-0.3, -0.25) is 9.59 Å². The summed E-state index contributed by atoms with van der Waals surface area (Å²) in [5.74, 6) is -8.84. The van der Waals surface area contributed by atoms with E-state index in [1.165, 1.54) is 6.92 Å². The molecule has 3 aliphatic heterocycles. The van der Waals surface area contributed by atoms with Crippen LogP contribution in [0.3, 0.4) is 0 Å². The minimum Gasteiger partial charge on any atom is -0.481 e. The molecule has 0 spiro atoms. The molecule has 3 heterocycles. The van der Waals surface area contributed by atoms with Gasteiger partial charge in [0, 0.05) is 29.6 Å². The molecule has 3 fully saturated rings. The zero-order valence-corrected chi connectivity index (χ0v) is 28.7. The van der Waals surface area contributed by atoms with Crippen LogP contribution >= 0.6 is 0 Å². The predicted molar refractivity (Wildman–Crippen MR) is 164 cm³/mol. The molecule has 44 heavy (non-hydrogen) atoms. The summed E-state index contributed by atoms with van der Waals surface area (Å²) >= 11 is 0. The van der Waals surface area contributed by atoms with Gasteiger partial charge in [0.2, 0.25) is 0 Å². The second kappa shape index (κ2) is 13.2. The average Bonchev–Trinajstić information content (AvgIpc) is 3.43. The zero-order valence-electron chi connectivity index (χ0n) is 28.7. The van der Waals surface area contributed by atoms with Crippen LogP contribution in [0.15, 0.2) is 0 Å². The van der Waals surface area contributed by atoms with Crippen LogP contribution in [-0.4, -0.2) is 84.5 Å². The third-order valence-corrected chi connectivity index (χ3v) is 12.0. The number of hydrogen-bond acceptors (Lipinski definition) is 9. The molecule has 16 atom stereocenters. The molecule has 256 valence electrons.